The van der Waals surface area contributed by atoms with Crippen LogP contribution in [0.25, 0.3) is 11.2 Å². The number of ketones is 1. The lowest BCUT2D eigenvalue weighted by atomic mass is 9.87. The van der Waals surface area contributed by atoms with Gasteiger partial charge in [-0.1, -0.05) is 25.6 Å². The fourth-order valence-electron chi connectivity index (χ4n) is 5.06. The molecule has 32 heteroatoms. The van der Waals surface area contributed by atoms with E-state index in [4.69, 9.17) is 30.4 Å². The molecule has 3 rings (SSSR count). The molecule has 0 aromatic carbocycles. The fourth-order valence-corrected chi connectivity index (χ4v) is 8.54. The average Bonchev–Trinajstić information content (AvgIpc) is 3.71. The number of phosphoric acid groups is 3. The van der Waals surface area contributed by atoms with Crippen LogP contribution in [-0.4, -0.2) is 146 Å². The Hall–Kier alpha value is -3.34. The smallest absolute Gasteiger partial charge is 0.480 e. The monoisotopic (exact) mass is 938 g/mol. The van der Waals surface area contributed by atoms with Crippen molar-refractivity contribution in [2.75, 3.05) is 37.8 Å². The fraction of sp³-hybridized carbons (Fsp3) is 0.643. The van der Waals surface area contributed by atoms with Gasteiger partial charge in [-0.2, -0.15) is 4.31 Å². The van der Waals surface area contributed by atoms with Gasteiger partial charge in [-0.25, -0.2) is 28.6 Å². The number of carboxylic acid groups (broad SMARTS) is 1. The molecule has 2 aromatic heterocycles. The first-order valence-electron chi connectivity index (χ1n) is 17.3. The van der Waals surface area contributed by atoms with Crippen LogP contribution in [-0.2, 0) is 60.3 Å². The number of thioether (sulfide) groups is 1. The molecule has 8 atom stereocenters. The number of carboxylic acids is 1. The number of aliphatic hydroxyl groups is 2. The number of aromatic nitrogens is 4. The van der Waals surface area contributed by atoms with Gasteiger partial charge < -0.3 is 61.7 Å². The second kappa shape index (κ2) is 21.6. The van der Waals surface area contributed by atoms with Crippen LogP contribution in [0.3, 0.4) is 0 Å². The molecule has 0 bridgehead atoms. The third-order valence-electron chi connectivity index (χ3n) is 8.20. The number of phosphoric ester groups is 3. The third-order valence-corrected chi connectivity index (χ3v) is 12.2. The summed E-state index contributed by atoms with van der Waals surface area (Å²) in [5.41, 5.74) is 9.50. The van der Waals surface area contributed by atoms with Crippen molar-refractivity contribution in [3.8, 4) is 0 Å². The molecule has 338 valence electrons. The Morgan fingerprint density at radius 1 is 1.02 bits per heavy atom. The zero-order valence-electron chi connectivity index (χ0n) is 31.6. The number of Topliss-reactive ketones (excluding diaryl/α,β-unsaturated/α-hetero) is 1. The molecule has 13 N–H and O–H groups in total. The number of fused-ring (bicyclic) bond motifs is 1. The van der Waals surface area contributed by atoms with Gasteiger partial charge in [0, 0.05) is 37.1 Å². The molecule has 1 aliphatic rings. The number of imidazole rings is 1. The number of anilines is 1. The topological polar surface area (TPSA) is 444 Å². The minimum atomic E-state index is -5.61. The first-order valence-corrected chi connectivity index (χ1v) is 22.8. The van der Waals surface area contributed by atoms with Crippen LogP contribution in [0.1, 0.15) is 45.8 Å². The SMILES string of the molecule is CC(C)(COP(=O)(O)OP(=O)(O)OC[C@H]1O[C@@H](n2cnc3c(N)ncnc32)[C@H](O)[C@@H]1OP(=O)(O)O)[C@@H](O)C(=O)NCCC(=O)NCCSC(=O)C(=O)CCCC(N)C(=O)O. The van der Waals surface area contributed by atoms with E-state index in [0.717, 1.165) is 17.2 Å². The van der Waals surface area contributed by atoms with Crippen molar-refractivity contribution in [3.05, 3.63) is 12.7 Å². The Kier molecular flexibility index (Phi) is 18.4. The maximum atomic E-state index is 12.7. The number of aliphatic carboxylic acids is 1. The summed E-state index contributed by atoms with van der Waals surface area (Å²) in [4.78, 5) is 110. The summed E-state index contributed by atoms with van der Waals surface area (Å²) in [6.45, 7) is -0.000980. The molecule has 0 saturated carbocycles. The quantitative estimate of drug-likeness (QED) is 0.0286. The molecule has 3 unspecified atom stereocenters. The normalized spacial score (nSPS) is 21.4. The van der Waals surface area contributed by atoms with Crippen LogP contribution in [0.5, 0.6) is 0 Å². The standard InChI is InChI=1S/C28H45N8O20P3S/c1-28(2,21(40)24(41)32-7-6-17(38)31-8-9-60-27(44)15(37)5-3-4-14(29)26(42)43)11-53-59(50,51)56-58(48,49)52-10-16-20(55-57(45,46)47)19(39)25(54-16)36-13-35-18-22(30)33-12-34-23(18)36/h12-14,16,19-21,25,39-40H,3-11,29H2,1-2H3,(H,31,38)(H,32,41)(H,42,43)(H,48,49)(H,50,51)(H2,30,33,34)(H2,45,46,47)/t14?,16-,19-,20-,21+,25-/m1/s1. The molecule has 3 heterocycles. The van der Waals surface area contributed by atoms with E-state index in [1.807, 2.05) is 0 Å². The number of ether oxygens (including phenoxy) is 1. The van der Waals surface area contributed by atoms with Crippen molar-refractivity contribution < 1.29 is 95.2 Å². The Morgan fingerprint density at radius 2 is 1.68 bits per heavy atom. The third kappa shape index (κ3) is 15.5. The van der Waals surface area contributed by atoms with Gasteiger partial charge in [0.05, 0.1) is 19.5 Å². The Balaban J connectivity index is 1.44. The van der Waals surface area contributed by atoms with Gasteiger partial charge in [-0.3, -0.25) is 42.1 Å². The highest BCUT2D eigenvalue weighted by molar-refractivity contribution is 8.15. The predicted octanol–water partition coefficient (Wildman–Crippen LogP) is -2.18. The second-order valence-electron chi connectivity index (χ2n) is 13.5. The summed E-state index contributed by atoms with van der Waals surface area (Å²) in [5, 5.41) is 34.1. The maximum Gasteiger partial charge on any atom is 0.481 e. The summed E-state index contributed by atoms with van der Waals surface area (Å²) in [6.07, 6.45) is -7.28. The van der Waals surface area contributed by atoms with Crippen molar-refractivity contribution in [1.82, 2.24) is 30.2 Å². The number of rotatable bonds is 25. The summed E-state index contributed by atoms with van der Waals surface area (Å²) < 4.78 is 62.0. The lowest BCUT2D eigenvalue weighted by Crippen LogP contribution is -2.46. The van der Waals surface area contributed by atoms with E-state index in [1.54, 1.807) is 0 Å². The van der Waals surface area contributed by atoms with Crippen LogP contribution < -0.4 is 22.1 Å². The minimum absolute atomic E-state index is 0.0121. The van der Waals surface area contributed by atoms with Gasteiger partial charge in [0.1, 0.15) is 42.3 Å². The second-order valence-corrected chi connectivity index (χ2v) is 18.8. The molecule has 2 aromatic rings. The highest BCUT2D eigenvalue weighted by Gasteiger charge is 2.50. The first kappa shape index (κ1) is 51.0. The summed E-state index contributed by atoms with van der Waals surface area (Å²) in [5.74, 6) is -3.60. The lowest BCUT2D eigenvalue weighted by molar-refractivity contribution is -0.139. The molecule has 0 spiro atoms. The largest absolute Gasteiger partial charge is 0.481 e. The van der Waals surface area contributed by atoms with Crippen molar-refractivity contribution in [2.45, 2.75) is 76.2 Å². The molecule has 2 amide bonds. The van der Waals surface area contributed by atoms with Gasteiger partial charge in [0.2, 0.25) is 17.6 Å². The van der Waals surface area contributed by atoms with E-state index < -0.39 is 107 Å². The van der Waals surface area contributed by atoms with Crippen molar-refractivity contribution in [3.63, 3.8) is 0 Å². The van der Waals surface area contributed by atoms with Crippen LogP contribution in [0, 0.1) is 5.41 Å². The van der Waals surface area contributed by atoms with E-state index in [2.05, 4.69) is 34.4 Å². The number of amides is 2. The number of aliphatic hydroxyl groups excluding tert-OH is 2. The number of hydrogen-bond acceptors (Lipinski definition) is 21. The maximum absolute atomic E-state index is 12.7. The predicted molar refractivity (Wildman–Crippen MR) is 202 cm³/mol. The first-order chi connectivity index (χ1) is 27.7. The van der Waals surface area contributed by atoms with E-state index in [9.17, 15) is 67.5 Å². The van der Waals surface area contributed by atoms with Crippen LogP contribution in [0.2, 0.25) is 0 Å². The van der Waals surface area contributed by atoms with Crippen molar-refractivity contribution in [1.29, 1.82) is 0 Å². The van der Waals surface area contributed by atoms with E-state index in [-0.39, 0.29) is 61.5 Å². The highest BCUT2D eigenvalue weighted by Crippen LogP contribution is 2.61. The number of nitrogens with one attached hydrogen (secondary N) is 2. The number of hydrogen-bond donors (Lipinski definition) is 11. The molecule has 60 heavy (non-hydrogen) atoms. The van der Waals surface area contributed by atoms with Gasteiger partial charge in [0.25, 0.3) is 5.12 Å². The number of nitrogen functional groups attached to an aromatic ring is 1. The van der Waals surface area contributed by atoms with Gasteiger partial charge in [0.15, 0.2) is 17.7 Å². The number of nitrogens with zero attached hydrogens (tertiary/aromatic N) is 4. The Labute approximate surface area is 343 Å². The molecular weight excluding hydrogens is 893 g/mol. The molecule has 28 nitrogen and oxygen atoms in total. The molecule has 1 fully saturated rings. The lowest BCUT2D eigenvalue weighted by Gasteiger charge is -2.30. The molecule has 0 radical (unpaired) electrons. The number of carbonyl (C=O) groups excluding carboxylic acids is 4. The van der Waals surface area contributed by atoms with Crippen LogP contribution in [0.4, 0.5) is 5.82 Å². The van der Waals surface area contributed by atoms with Gasteiger partial charge in [-0.05, 0) is 12.8 Å². The zero-order chi connectivity index (χ0) is 45.2. The van der Waals surface area contributed by atoms with Crippen molar-refractivity contribution in [2.24, 2.45) is 11.1 Å². The molecule has 1 aliphatic heterocycles. The molecule has 0 aliphatic carbocycles. The Morgan fingerprint density at radius 3 is 2.33 bits per heavy atom. The van der Waals surface area contributed by atoms with E-state index >= 15 is 0 Å². The van der Waals surface area contributed by atoms with E-state index in [0.29, 0.717) is 11.8 Å². The van der Waals surface area contributed by atoms with Gasteiger partial charge in [-0.15, -0.1) is 0 Å². The minimum Gasteiger partial charge on any atom is -0.480 e. The van der Waals surface area contributed by atoms with Crippen molar-refractivity contribution >= 4 is 80.9 Å². The van der Waals surface area contributed by atoms with E-state index in [1.165, 1.54) is 13.8 Å². The zero-order valence-corrected chi connectivity index (χ0v) is 35.1. The summed E-state index contributed by atoms with van der Waals surface area (Å²) in [7, 11) is -16.5. The van der Waals surface area contributed by atoms with Crippen LogP contribution >= 0.6 is 35.2 Å². The Bertz CT molecular complexity index is 2020. The number of nitrogens with two attached hydrogens (primary N) is 2. The molecule has 1 saturated heterocycles. The number of carbonyl (C=O) groups is 5. The highest BCUT2D eigenvalue weighted by atomic mass is 32.2. The van der Waals surface area contributed by atoms with Gasteiger partial charge >= 0.3 is 29.4 Å². The summed E-state index contributed by atoms with van der Waals surface area (Å²) in [6, 6.07) is -1.15. The average molecular weight is 939 g/mol. The van der Waals surface area contributed by atoms with Crippen LogP contribution in [0.15, 0.2) is 12.7 Å². The summed E-state index contributed by atoms with van der Waals surface area (Å²) >= 11 is 0.646. The molecular formula is C28H45N8O20P3S.